The molecule has 0 aliphatic heterocycles. The Kier molecular flexibility index (Phi) is 4.73. The Morgan fingerprint density at radius 2 is 2.26 bits per heavy atom. The van der Waals surface area contributed by atoms with Crippen molar-refractivity contribution in [3.8, 4) is 0 Å². The van der Waals surface area contributed by atoms with E-state index in [1.54, 1.807) is 22.2 Å². The fourth-order valence-corrected chi connectivity index (χ4v) is 3.24. The van der Waals surface area contributed by atoms with Gasteiger partial charge in [0.2, 0.25) is 0 Å². The molecule has 1 N–H and O–H groups in total. The van der Waals surface area contributed by atoms with Crippen LogP contribution in [0, 0.1) is 5.82 Å². The van der Waals surface area contributed by atoms with E-state index < -0.39 is 11.7 Å². The van der Waals surface area contributed by atoms with Crippen molar-refractivity contribution < 1.29 is 9.18 Å². The minimum Gasteiger partial charge on any atom is -0.349 e. The van der Waals surface area contributed by atoms with Crippen molar-refractivity contribution in [2.75, 3.05) is 6.54 Å². The van der Waals surface area contributed by atoms with Crippen LogP contribution in [-0.4, -0.2) is 22.2 Å². The third-order valence-corrected chi connectivity index (χ3v) is 4.43. The summed E-state index contributed by atoms with van der Waals surface area (Å²) in [7, 11) is 0. The van der Waals surface area contributed by atoms with Gasteiger partial charge in [0, 0.05) is 18.9 Å². The second-order valence-corrected chi connectivity index (χ2v) is 6.05. The van der Waals surface area contributed by atoms with Crippen LogP contribution >= 0.6 is 22.9 Å². The summed E-state index contributed by atoms with van der Waals surface area (Å²) >= 11 is 7.49. The lowest BCUT2D eigenvalue weighted by Crippen LogP contribution is -2.32. The van der Waals surface area contributed by atoms with Gasteiger partial charge in [0.05, 0.1) is 16.6 Å². The highest BCUT2D eigenvalue weighted by Crippen LogP contribution is 2.21. The number of amides is 1. The van der Waals surface area contributed by atoms with Gasteiger partial charge in [-0.05, 0) is 40.6 Å². The van der Waals surface area contributed by atoms with Crippen LogP contribution in [0.4, 0.5) is 4.39 Å². The van der Waals surface area contributed by atoms with E-state index in [9.17, 15) is 9.18 Å². The summed E-state index contributed by atoms with van der Waals surface area (Å²) in [5.74, 6) is -1.18. The Labute approximate surface area is 141 Å². The number of benzene rings is 1. The molecule has 0 radical (unpaired) electrons. The van der Waals surface area contributed by atoms with Gasteiger partial charge in [-0.2, -0.15) is 16.4 Å². The third kappa shape index (κ3) is 3.43. The smallest absolute Gasteiger partial charge is 0.255 e. The highest BCUT2D eigenvalue weighted by molar-refractivity contribution is 7.07. The van der Waals surface area contributed by atoms with Crippen molar-refractivity contribution >= 4 is 28.8 Å². The summed E-state index contributed by atoms with van der Waals surface area (Å²) in [6.07, 6.45) is 3.50. The van der Waals surface area contributed by atoms with Gasteiger partial charge in [-0.3, -0.25) is 9.48 Å². The fraction of sp³-hybridized carbons (Fsp3) is 0.125. The molecule has 0 aliphatic carbocycles. The van der Waals surface area contributed by atoms with Gasteiger partial charge in [-0.15, -0.1) is 0 Å². The maximum atomic E-state index is 13.8. The van der Waals surface area contributed by atoms with E-state index >= 15 is 0 Å². The van der Waals surface area contributed by atoms with Crippen LogP contribution in [0.25, 0.3) is 0 Å². The molecule has 3 aromatic rings. The maximum Gasteiger partial charge on any atom is 0.255 e. The second kappa shape index (κ2) is 6.93. The molecular formula is C16H13ClFN3OS. The molecule has 0 saturated carbocycles. The first-order valence-electron chi connectivity index (χ1n) is 6.90. The molecule has 1 amide bonds. The molecule has 3 rings (SSSR count). The lowest BCUT2D eigenvalue weighted by molar-refractivity contribution is 0.0945. The number of hydrogen-bond donors (Lipinski definition) is 1. The zero-order valence-electron chi connectivity index (χ0n) is 11.9. The molecule has 2 heterocycles. The lowest BCUT2D eigenvalue weighted by atomic mass is 10.1. The Hall–Kier alpha value is -2.18. The molecule has 7 heteroatoms. The van der Waals surface area contributed by atoms with Gasteiger partial charge in [0.1, 0.15) is 5.82 Å². The minimum absolute atomic E-state index is 0.0914. The molecule has 1 aromatic carbocycles. The largest absolute Gasteiger partial charge is 0.349 e. The predicted molar refractivity (Wildman–Crippen MR) is 88.4 cm³/mol. The molecule has 0 fully saturated rings. The SMILES string of the molecule is O=C(NC[C@@H](c1ccsc1)n1cccn1)c1c(F)cccc1Cl. The quantitative estimate of drug-likeness (QED) is 0.762. The number of carbonyl (C=O) groups excluding carboxylic acids is 1. The number of aromatic nitrogens is 2. The van der Waals surface area contributed by atoms with Gasteiger partial charge in [0.15, 0.2) is 0 Å². The van der Waals surface area contributed by atoms with Crippen molar-refractivity contribution in [3.63, 3.8) is 0 Å². The molecule has 0 spiro atoms. The van der Waals surface area contributed by atoms with Crippen molar-refractivity contribution in [2.45, 2.75) is 6.04 Å². The Morgan fingerprint density at radius 1 is 1.39 bits per heavy atom. The molecule has 23 heavy (non-hydrogen) atoms. The highest BCUT2D eigenvalue weighted by atomic mass is 35.5. The molecule has 0 saturated heterocycles. The normalized spacial score (nSPS) is 12.1. The van der Waals surface area contributed by atoms with Crippen LogP contribution in [0.3, 0.4) is 0 Å². The van der Waals surface area contributed by atoms with E-state index in [1.165, 1.54) is 18.2 Å². The van der Waals surface area contributed by atoms with Gasteiger partial charge >= 0.3 is 0 Å². The average Bonchev–Trinajstić information content (AvgIpc) is 3.21. The van der Waals surface area contributed by atoms with Gasteiger partial charge < -0.3 is 5.32 Å². The molecular weight excluding hydrogens is 337 g/mol. The van der Waals surface area contributed by atoms with Crippen LogP contribution in [0.5, 0.6) is 0 Å². The monoisotopic (exact) mass is 349 g/mol. The topological polar surface area (TPSA) is 46.9 Å². The third-order valence-electron chi connectivity index (χ3n) is 3.42. The first-order valence-corrected chi connectivity index (χ1v) is 8.22. The molecule has 0 unspecified atom stereocenters. The van der Waals surface area contributed by atoms with Gasteiger partial charge in [0.25, 0.3) is 5.91 Å². The Bertz CT molecular complexity index is 735. The van der Waals surface area contributed by atoms with Gasteiger partial charge in [-0.1, -0.05) is 17.7 Å². The summed E-state index contributed by atoms with van der Waals surface area (Å²) in [5.41, 5.74) is 0.886. The number of hydrogen-bond acceptors (Lipinski definition) is 3. The first kappa shape index (κ1) is 15.7. The summed E-state index contributed by atoms with van der Waals surface area (Å²) < 4.78 is 15.6. The van der Waals surface area contributed by atoms with Crippen molar-refractivity contribution in [2.24, 2.45) is 0 Å². The van der Waals surface area contributed by atoms with Crippen LogP contribution in [0.15, 0.2) is 53.5 Å². The number of thiophene rings is 1. The molecule has 4 nitrogen and oxygen atoms in total. The van der Waals surface area contributed by atoms with Crippen LogP contribution in [0.2, 0.25) is 5.02 Å². The Balaban J connectivity index is 1.78. The zero-order chi connectivity index (χ0) is 16.2. The van der Waals surface area contributed by atoms with E-state index in [0.717, 1.165) is 5.56 Å². The molecule has 1 atom stereocenters. The van der Waals surface area contributed by atoms with E-state index in [2.05, 4.69) is 10.4 Å². The standard InChI is InChI=1S/C16H13ClFN3OS/c17-12-3-1-4-13(18)15(12)16(22)19-9-14(11-5-8-23-10-11)21-7-2-6-20-21/h1-8,10,14H,9H2,(H,19,22)/t14-/m0/s1. The lowest BCUT2D eigenvalue weighted by Gasteiger charge is -2.18. The number of nitrogens with zero attached hydrogens (tertiary/aromatic N) is 2. The number of nitrogens with one attached hydrogen (secondary N) is 1. The molecule has 0 bridgehead atoms. The molecule has 118 valence electrons. The number of rotatable bonds is 5. The molecule has 0 aliphatic rings. The molecule has 2 aromatic heterocycles. The second-order valence-electron chi connectivity index (χ2n) is 4.87. The fourth-order valence-electron chi connectivity index (χ4n) is 2.29. The van der Waals surface area contributed by atoms with E-state index in [4.69, 9.17) is 11.6 Å². The van der Waals surface area contributed by atoms with Crippen LogP contribution in [-0.2, 0) is 0 Å². The average molecular weight is 350 g/mol. The summed E-state index contributed by atoms with van der Waals surface area (Å²) in [4.78, 5) is 12.3. The first-order chi connectivity index (χ1) is 11.2. The van der Waals surface area contributed by atoms with Crippen molar-refractivity contribution in [3.05, 3.63) is 75.5 Å². The predicted octanol–water partition coefficient (Wildman–Crippen LogP) is 3.76. The van der Waals surface area contributed by atoms with Crippen molar-refractivity contribution in [1.29, 1.82) is 0 Å². The summed E-state index contributed by atoms with van der Waals surface area (Å²) in [6.45, 7) is 0.280. The van der Waals surface area contributed by atoms with Gasteiger partial charge in [-0.25, -0.2) is 4.39 Å². The Morgan fingerprint density at radius 3 is 2.91 bits per heavy atom. The summed E-state index contributed by atoms with van der Waals surface area (Å²) in [6, 6.07) is 7.79. The number of halogens is 2. The maximum absolute atomic E-state index is 13.8. The van der Waals surface area contributed by atoms with E-state index in [1.807, 2.05) is 29.1 Å². The summed E-state index contributed by atoms with van der Waals surface area (Å²) in [5, 5.41) is 11.0. The van der Waals surface area contributed by atoms with Crippen LogP contribution in [0.1, 0.15) is 22.0 Å². The van der Waals surface area contributed by atoms with Crippen molar-refractivity contribution in [1.82, 2.24) is 15.1 Å². The number of carbonyl (C=O) groups is 1. The van der Waals surface area contributed by atoms with E-state index in [0.29, 0.717) is 0 Å². The van der Waals surface area contributed by atoms with E-state index in [-0.39, 0.29) is 23.2 Å². The minimum atomic E-state index is -0.638. The highest BCUT2D eigenvalue weighted by Gasteiger charge is 2.19. The van der Waals surface area contributed by atoms with Crippen LogP contribution < -0.4 is 5.32 Å². The zero-order valence-corrected chi connectivity index (χ0v) is 13.5.